The van der Waals surface area contributed by atoms with Crippen LogP contribution in [0.15, 0.2) is 35.1 Å². The van der Waals surface area contributed by atoms with Crippen molar-refractivity contribution in [3.8, 4) is 11.3 Å². The normalized spacial score (nSPS) is 17.7. The summed E-state index contributed by atoms with van der Waals surface area (Å²) >= 11 is 6.13. The Kier molecular flexibility index (Phi) is 3.85. The average molecular weight is 321 g/mol. The Morgan fingerprint density at radius 3 is 2.82 bits per heavy atom. The summed E-state index contributed by atoms with van der Waals surface area (Å²) in [5.74, 6) is -1.46. The summed E-state index contributed by atoms with van der Waals surface area (Å²) in [6, 6.07) is 7.00. The standard InChI is InChI=1S/C15H13ClN2O4/c16-11-4-2-1-3-10(11)13-12(17-8-22-13)14(19)18-6-5-9(7-18)15(20)21/h1-4,8-9H,5-7H2,(H,20,21)/t9-/m1/s1. The summed E-state index contributed by atoms with van der Waals surface area (Å²) in [6.07, 6.45) is 1.64. The summed E-state index contributed by atoms with van der Waals surface area (Å²) in [5, 5.41) is 9.48. The van der Waals surface area contributed by atoms with E-state index in [1.165, 1.54) is 11.3 Å². The second-order valence-electron chi connectivity index (χ2n) is 5.08. The van der Waals surface area contributed by atoms with Crippen LogP contribution in [0.4, 0.5) is 0 Å². The van der Waals surface area contributed by atoms with E-state index in [2.05, 4.69) is 4.98 Å². The first-order chi connectivity index (χ1) is 10.6. The van der Waals surface area contributed by atoms with Crippen LogP contribution in [-0.2, 0) is 4.79 Å². The van der Waals surface area contributed by atoms with Gasteiger partial charge in [-0.3, -0.25) is 9.59 Å². The monoisotopic (exact) mass is 320 g/mol. The van der Waals surface area contributed by atoms with E-state index < -0.39 is 11.9 Å². The highest BCUT2D eigenvalue weighted by Crippen LogP contribution is 2.31. The number of aliphatic carboxylic acids is 1. The van der Waals surface area contributed by atoms with Crippen LogP contribution in [0.1, 0.15) is 16.9 Å². The average Bonchev–Trinajstić information content (AvgIpc) is 3.16. The van der Waals surface area contributed by atoms with E-state index in [0.717, 1.165) is 0 Å². The second kappa shape index (κ2) is 5.81. The van der Waals surface area contributed by atoms with Crippen LogP contribution in [0, 0.1) is 5.92 Å². The Morgan fingerprint density at radius 2 is 2.14 bits per heavy atom. The molecule has 1 aliphatic rings. The summed E-state index contributed by atoms with van der Waals surface area (Å²) in [6.45, 7) is 0.577. The summed E-state index contributed by atoms with van der Waals surface area (Å²) < 4.78 is 5.33. The summed E-state index contributed by atoms with van der Waals surface area (Å²) in [4.78, 5) is 29.0. The number of hydrogen-bond acceptors (Lipinski definition) is 4. The van der Waals surface area contributed by atoms with Crippen LogP contribution in [0.5, 0.6) is 0 Å². The van der Waals surface area contributed by atoms with Crippen molar-refractivity contribution in [1.29, 1.82) is 0 Å². The maximum absolute atomic E-state index is 12.5. The minimum absolute atomic E-state index is 0.152. The number of carbonyl (C=O) groups is 2. The molecule has 1 amide bonds. The molecule has 2 aromatic rings. The van der Waals surface area contributed by atoms with Crippen molar-refractivity contribution in [2.24, 2.45) is 5.92 Å². The van der Waals surface area contributed by atoms with E-state index in [1.54, 1.807) is 24.3 Å². The highest BCUT2D eigenvalue weighted by Gasteiger charge is 2.33. The smallest absolute Gasteiger partial charge is 0.308 e. The zero-order valence-corrected chi connectivity index (χ0v) is 12.3. The molecule has 1 aromatic heterocycles. The molecule has 0 saturated carbocycles. The first-order valence-electron chi connectivity index (χ1n) is 6.78. The van der Waals surface area contributed by atoms with Gasteiger partial charge in [0, 0.05) is 18.7 Å². The van der Waals surface area contributed by atoms with Crippen molar-refractivity contribution in [3.63, 3.8) is 0 Å². The molecule has 7 heteroatoms. The fourth-order valence-corrected chi connectivity index (χ4v) is 2.75. The molecule has 1 atom stereocenters. The number of aromatic nitrogens is 1. The molecule has 6 nitrogen and oxygen atoms in total. The number of carboxylic acids is 1. The number of likely N-dealkylation sites (tertiary alicyclic amines) is 1. The minimum Gasteiger partial charge on any atom is -0.481 e. The van der Waals surface area contributed by atoms with E-state index in [0.29, 0.717) is 29.3 Å². The van der Waals surface area contributed by atoms with Crippen LogP contribution in [0.2, 0.25) is 5.02 Å². The zero-order valence-electron chi connectivity index (χ0n) is 11.5. The van der Waals surface area contributed by atoms with E-state index in [9.17, 15) is 9.59 Å². The molecular formula is C15H13ClN2O4. The molecule has 1 aromatic carbocycles. The summed E-state index contributed by atoms with van der Waals surface area (Å²) in [7, 11) is 0. The molecule has 2 heterocycles. The first-order valence-corrected chi connectivity index (χ1v) is 7.16. The lowest BCUT2D eigenvalue weighted by Crippen LogP contribution is -2.30. The molecule has 0 radical (unpaired) electrons. The lowest BCUT2D eigenvalue weighted by molar-refractivity contribution is -0.141. The zero-order chi connectivity index (χ0) is 15.7. The maximum atomic E-state index is 12.5. The van der Waals surface area contributed by atoms with E-state index in [-0.39, 0.29) is 18.1 Å². The number of nitrogens with zero attached hydrogens (tertiary/aromatic N) is 2. The number of carboxylic acid groups (broad SMARTS) is 1. The van der Waals surface area contributed by atoms with Crippen molar-refractivity contribution in [3.05, 3.63) is 41.4 Å². The Morgan fingerprint density at radius 1 is 1.36 bits per heavy atom. The number of halogens is 1. The number of benzene rings is 1. The maximum Gasteiger partial charge on any atom is 0.308 e. The van der Waals surface area contributed by atoms with Crippen LogP contribution in [0.25, 0.3) is 11.3 Å². The Hall–Kier alpha value is -2.34. The predicted molar refractivity (Wildman–Crippen MR) is 78.6 cm³/mol. The molecule has 22 heavy (non-hydrogen) atoms. The molecule has 3 rings (SSSR count). The van der Waals surface area contributed by atoms with Crippen LogP contribution >= 0.6 is 11.6 Å². The highest BCUT2D eigenvalue weighted by atomic mass is 35.5. The van der Waals surface area contributed by atoms with Crippen molar-refractivity contribution in [2.75, 3.05) is 13.1 Å². The molecule has 1 fully saturated rings. The fourth-order valence-electron chi connectivity index (χ4n) is 2.53. The Balaban J connectivity index is 1.88. The molecule has 1 aliphatic heterocycles. The summed E-state index contributed by atoms with van der Waals surface area (Å²) in [5.41, 5.74) is 0.734. The third-order valence-electron chi connectivity index (χ3n) is 3.71. The number of oxazole rings is 1. The third-order valence-corrected chi connectivity index (χ3v) is 4.04. The topological polar surface area (TPSA) is 83.6 Å². The van der Waals surface area contributed by atoms with Crippen LogP contribution < -0.4 is 0 Å². The van der Waals surface area contributed by atoms with Crippen molar-refractivity contribution in [2.45, 2.75) is 6.42 Å². The van der Waals surface area contributed by atoms with Gasteiger partial charge in [-0.25, -0.2) is 4.98 Å². The highest BCUT2D eigenvalue weighted by molar-refractivity contribution is 6.33. The van der Waals surface area contributed by atoms with Crippen molar-refractivity contribution >= 4 is 23.5 Å². The van der Waals surface area contributed by atoms with Gasteiger partial charge >= 0.3 is 5.97 Å². The van der Waals surface area contributed by atoms with Crippen LogP contribution in [0.3, 0.4) is 0 Å². The van der Waals surface area contributed by atoms with Gasteiger partial charge in [0.15, 0.2) is 17.8 Å². The Bertz CT molecular complexity index is 728. The van der Waals surface area contributed by atoms with Gasteiger partial charge in [0.05, 0.1) is 10.9 Å². The minimum atomic E-state index is -0.887. The molecule has 0 spiro atoms. The number of amides is 1. The van der Waals surface area contributed by atoms with Gasteiger partial charge in [0.1, 0.15) is 0 Å². The van der Waals surface area contributed by atoms with Gasteiger partial charge in [-0.15, -0.1) is 0 Å². The molecule has 0 bridgehead atoms. The van der Waals surface area contributed by atoms with Gasteiger partial charge in [-0.05, 0) is 18.6 Å². The van der Waals surface area contributed by atoms with Gasteiger partial charge in [0.2, 0.25) is 0 Å². The van der Waals surface area contributed by atoms with Gasteiger partial charge < -0.3 is 14.4 Å². The van der Waals surface area contributed by atoms with E-state index in [1.807, 2.05) is 0 Å². The van der Waals surface area contributed by atoms with E-state index >= 15 is 0 Å². The van der Waals surface area contributed by atoms with Crippen molar-refractivity contribution < 1.29 is 19.1 Å². The van der Waals surface area contributed by atoms with Gasteiger partial charge in [0.25, 0.3) is 5.91 Å². The second-order valence-corrected chi connectivity index (χ2v) is 5.49. The lowest BCUT2D eigenvalue weighted by atomic mass is 10.1. The SMILES string of the molecule is O=C(O)[C@@H]1CCN(C(=O)c2ncoc2-c2ccccc2Cl)C1. The largest absolute Gasteiger partial charge is 0.481 e. The lowest BCUT2D eigenvalue weighted by Gasteiger charge is -2.14. The molecule has 1 N–H and O–H groups in total. The molecule has 0 unspecified atom stereocenters. The van der Waals surface area contributed by atoms with Gasteiger partial charge in [-0.1, -0.05) is 23.7 Å². The number of carbonyl (C=O) groups excluding carboxylic acids is 1. The predicted octanol–water partition coefficient (Wildman–Crippen LogP) is 2.54. The van der Waals surface area contributed by atoms with Crippen LogP contribution in [-0.4, -0.2) is 40.0 Å². The van der Waals surface area contributed by atoms with Crippen molar-refractivity contribution in [1.82, 2.24) is 9.88 Å². The number of hydrogen-bond donors (Lipinski definition) is 1. The molecule has 0 aliphatic carbocycles. The van der Waals surface area contributed by atoms with Gasteiger partial charge in [-0.2, -0.15) is 0 Å². The molecule has 114 valence electrons. The van der Waals surface area contributed by atoms with E-state index in [4.69, 9.17) is 21.1 Å². The quantitative estimate of drug-likeness (QED) is 0.939. The Labute approximate surface area is 131 Å². The number of rotatable bonds is 3. The fraction of sp³-hybridized carbons (Fsp3) is 0.267. The first kappa shape index (κ1) is 14.6. The molecule has 1 saturated heterocycles. The third kappa shape index (κ3) is 2.57. The molecular weight excluding hydrogens is 308 g/mol.